The predicted molar refractivity (Wildman–Crippen MR) is 67.5 cm³/mol. The maximum atomic E-state index is 13.6. The molecule has 2 nitrogen and oxygen atoms in total. The smallest absolute Gasteiger partial charge is 0.199 e. The summed E-state index contributed by atoms with van der Waals surface area (Å²) < 4.78 is 31.9. The molecule has 0 saturated heterocycles. The lowest BCUT2D eigenvalue weighted by molar-refractivity contribution is 0.103. The largest absolute Gasteiger partial charge is 0.496 e. The zero-order valence-corrected chi connectivity index (χ0v) is 10.5. The van der Waals surface area contributed by atoms with E-state index < -0.39 is 17.4 Å². The fourth-order valence-corrected chi connectivity index (χ4v) is 1.82. The summed E-state index contributed by atoms with van der Waals surface area (Å²) in [5.74, 6) is -2.45. The van der Waals surface area contributed by atoms with Crippen molar-refractivity contribution in [2.45, 2.75) is 6.92 Å². The van der Waals surface area contributed by atoms with Gasteiger partial charge in [0.05, 0.1) is 18.2 Å². The molecule has 0 saturated carbocycles. The van der Waals surface area contributed by atoms with Gasteiger partial charge in [0.25, 0.3) is 0 Å². The van der Waals surface area contributed by atoms with Gasteiger partial charge in [0.1, 0.15) is 5.75 Å². The average Bonchev–Trinajstić information content (AvgIpc) is 2.41. The predicted octanol–water partition coefficient (Wildman–Crippen LogP) is 3.51. The van der Waals surface area contributed by atoms with Crippen LogP contribution in [0.2, 0.25) is 0 Å². The SMILES string of the molecule is COc1ccc(C)cc1C(=O)c1cccc(F)c1F. The molecule has 0 heterocycles. The van der Waals surface area contributed by atoms with E-state index in [4.69, 9.17) is 4.74 Å². The summed E-state index contributed by atoms with van der Waals surface area (Å²) in [4.78, 5) is 12.3. The van der Waals surface area contributed by atoms with Gasteiger partial charge >= 0.3 is 0 Å². The van der Waals surface area contributed by atoms with Crippen LogP contribution in [-0.4, -0.2) is 12.9 Å². The Morgan fingerprint density at radius 2 is 1.84 bits per heavy atom. The standard InChI is InChI=1S/C15H12F2O2/c1-9-6-7-13(19-2)11(8-9)15(18)10-4-3-5-12(16)14(10)17/h3-8H,1-2H3. The fraction of sp³-hybridized carbons (Fsp3) is 0.133. The van der Waals surface area contributed by atoms with Crippen molar-refractivity contribution < 1.29 is 18.3 Å². The first-order valence-electron chi connectivity index (χ1n) is 5.68. The van der Waals surface area contributed by atoms with Gasteiger partial charge in [-0.1, -0.05) is 17.7 Å². The van der Waals surface area contributed by atoms with E-state index in [9.17, 15) is 13.6 Å². The molecule has 0 amide bonds. The summed E-state index contributed by atoms with van der Waals surface area (Å²) in [6, 6.07) is 8.51. The van der Waals surface area contributed by atoms with Crippen LogP contribution < -0.4 is 4.74 Å². The van der Waals surface area contributed by atoms with E-state index in [2.05, 4.69) is 0 Å². The molecule has 4 heteroatoms. The van der Waals surface area contributed by atoms with Crippen LogP contribution in [0.15, 0.2) is 36.4 Å². The number of benzene rings is 2. The second-order valence-corrected chi connectivity index (χ2v) is 4.13. The highest BCUT2D eigenvalue weighted by molar-refractivity contribution is 6.11. The van der Waals surface area contributed by atoms with E-state index >= 15 is 0 Å². The minimum Gasteiger partial charge on any atom is -0.496 e. The molecule has 0 aromatic heterocycles. The third kappa shape index (κ3) is 2.47. The topological polar surface area (TPSA) is 26.3 Å². The first kappa shape index (κ1) is 13.2. The van der Waals surface area contributed by atoms with Gasteiger partial charge < -0.3 is 4.74 Å². The summed E-state index contributed by atoms with van der Waals surface area (Å²) in [7, 11) is 1.42. The molecule has 0 bridgehead atoms. The van der Waals surface area contributed by atoms with Crippen molar-refractivity contribution in [2.75, 3.05) is 7.11 Å². The summed E-state index contributed by atoms with van der Waals surface area (Å²) in [5.41, 5.74) is 0.747. The number of methoxy groups -OCH3 is 1. The Hall–Kier alpha value is -2.23. The van der Waals surface area contributed by atoms with E-state index in [-0.39, 0.29) is 11.1 Å². The van der Waals surface area contributed by atoms with Crippen molar-refractivity contribution >= 4 is 5.78 Å². The molecular formula is C15H12F2O2. The molecule has 0 atom stereocenters. The Bertz CT molecular complexity index is 636. The minimum atomic E-state index is -1.14. The maximum Gasteiger partial charge on any atom is 0.199 e. The van der Waals surface area contributed by atoms with Crippen molar-refractivity contribution in [1.82, 2.24) is 0 Å². The lowest BCUT2D eigenvalue weighted by Gasteiger charge is -2.09. The second kappa shape index (κ2) is 5.18. The highest BCUT2D eigenvalue weighted by atomic mass is 19.2. The van der Waals surface area contributed by atoms with Crippen molar-refractivity contribution in [3.63, 3.8) is 0 Å². The van der Waals surface area contributed by atoms with Crippen LogP contribution in [0.4, 0.5) is 8.78 Å². The number of ether oxygens (including phenoxy) is 1. The molecule has 0 radical (unpaired) electrons. The quantitative estimate of drug-likeness (QED) is 0.791. The van der Waals surface area contributed by atoms with Gasteiger partial charge in [-0.05, 0) is 31.2 Å². The van der Waals surface area contributed by atoms with E-state index in [1.165, 1.54) is 19.2 Å². The Balaban J connectivity index is 2.56. The van der Waals surface area contributed by atoms with Crippen molar-refractivity contribution in [2.24, 2.45) is 0 Å². The van der Waals surface area contributed by atoms with Crippen LogP contribution in [0.3, 0.4) is 0 Å². The first-order valence-corrected chi connectivity index (χ1v) is 5.68. The summed E-state index contributed by atoms with van der Waals surface area (Å²) in [6.07, 6.45) is 0. The highest BCUT2D eigenvalue weighted by Crippen LogP contribution is 2.24. The summed E-state index contributed by atoms with van der Waals surface area (Å²) >= 11 is 0. The Morgan fingerprint density at radius 3 is 2.53 bits per heavy atom. The molecule has 0 spiro atoms. The van der Waals surface area contributed by atoms with Crippen LogP contribution in [0, 0.1) is 18.6 Å². The normalized spacial score (nSPS) is 10.3. The van der Waals surface area contributed by atoms with E-state index in [1.54, 1.807) is 25.1 Å². The highest BCUT2D eigenvalue weighted by Gasteiger charge is 2.20. The van der Waals surface area contributed by atoms with E-state index in [0.29, 0.717) is 5.75 Å². The molecule has 19 heavy (non-hydrogen) atoms. The van der Waals surface area contributed by atoms with E-state index in [0.717, 1.165) is 11.6 Å². The number of ketones is 1. The first-order chi connectivity index (χ1) is 9.04. The zero-order chi connectivity index (χ0) is 14.0. The number of aryl methyl sites for hydroxylation is 1. The van der Waals surface area contributed by atoms with Crippen LogP contribution in [-0.2, 0) is 0 Å². The number of halogens is 2. The molecule has 0 aliphatic carbocycles. The summed E-state index contributed by atoms with van der Waals surface area (Å²) in [5, 5.41) is 0. The molecule has 2 rings (SSSR count). The zero-order valence-electron chi connectivity index (χ0n) is 10.5. The van der Waals surface area contributed by atoms with Gasteiger partial charge in [0.15, 0.2) is 17.4 Å². The Morgan fingerprint density at radius 1 is 1.11 bits per heavy atom. The van der Waals surface area contributed by atoms with Crippen molar-refractivity contribution in [3.8, 4) is 5.75 Å². The fourth-order valence-electron chi connectivity index (χ4n) is 1.82. The molecule has 0 unspecified atom stereocenters. The van der Waals surface area contributed by atoms with Gasteiger partial charge in [0, 0.05) is 0 Å². The van der Waals surface area contributed by atoms with Crippen molar-refractivity contribution in [1.29, 1.82) is 0 Å². The average molecular weight is 262 g/mol. The molecular weight excluding hydrogens is 250 g/mol. The maximum absolute atomic E-state index is 13.6. The molecule has 0 aliphatic heterocycles. The van der Waals surface area contributed by atoms with Crippen LogP contribution in [0.1, 0.15) is 21.5 Å². The Kier molecular flexibility index (Phi) is 3.60. The molecule has 0 fully saturated rings. The van der Waals surface area contributed by atoms with Gasteiger partial charge in [-0.15, -0.1) is 0 Å². The van der Waals surface area contributed by atoms with Crippen LogP contribution in [0.5, 0.6) is 5.75 Å². The number of rotatable bonds is 3. The second-order valence-electron chi connectivity index (χ2n) is 4.13. The lowest BCUT2D eigenvalue weighted by Crippen LogP contribution is -2.08. The van der Waals surface area contributed by atoms with E-state index in [1.807, 2.05) is 0 Å². The van der Waals surface area contributed by atoms with Gasteiger partial charge in [-0.25, -0.2) is 8.78 Å². The summed E-state index contributed by atoms with van der Waals surface area (Å²) in [6.45, 7) is 1.80. The monoisotopic (exact) mass is 262 g/mol. The molecule has 0 aliphatic rings. The molecule has 0 N–H and O–H groups in total. The van der Waals surface area contributed by atoms with Gasteiger partial charge in [0.2, 0.25) is 0 Å². The molecule has 2 aromatic rings. The van der Waals surface area contributed by atoms with Gasteiger partial charge in [-0.3, -0.25) is 4.79 Å². The van der Waals surface area contributed by atoms with Gasteiger partial charge in [-0.2, -0.15) is 0 Å². The Labute approximate surface area is 109 Å². The molecule has 2 aromatic carbocycles. The third-order valence-corrected chi connectivity index (χ3v) is 2.80. The van der Waals surface area contributed by atoms with Crippen LogP contribution >= 0.6 is 0 Å². The number of carbonyl (C=O) groups excluding carboxylic acids is 1. The third-order valence-electron chi connectivity index (χ3n) is 2.80. The minimum absolute atomic E-state index is 0.215. The number of hydrogen-bond donors (Lipinski definition) is 0. The lowest BCUT2D eigenvalue weighted by atomic mass is 10.00. The molecule has 98 valence electrons. The van der Waals surface area contributed by atoms with Crippen molar-refractivity contribution in [3.05, 3.63) is 64.7 Å². The number of hydrogen-bond acceptors (Lipinski definition) is 2. The number of carbonyl (C=O) groups is 1. The van der Waals surface area contributed by atoms with Crippen LogP contribution in [0.25, 0.3) is 0 Å².